The largest absolute Gasteiger partial charge is 0.310 e. The van der Waals surface area contributed by atoms with Gasteiger partial charge in [0.15, 0.2) is 0 Å². The molecule has 0 unspecified atom stereocenters. The summed E-state index contributed by atoms with van der Waals surface area (Å²) in [6.45, 7) is 1.97. The highest BCUT2D eigenvalue weighted by Gasteiger charge is 2.18. The van der Waals surface area contributed by atoms with E-state index in [2.05, 4.69) is 44.5 Å². The van der Waals surface area contributed by atoms with Gasteiger partial charge in [0.05, 0.1) is 12.1 Å². The number of aromatic nitrogens is 2. The molecule has 1 N–H and O–H groups in total. The molecule has 0 radical (unpaired) electrons. The fourth-order valence-electron chi connectivity index (χ4n) is 4.02. The van der Waals surface area contributed by atoms with E-state index < -0.39 is 0 Å². The van der Waals surface area contributed by atoms with Crippen molar-refractivity contribution in [2.45, 2.75) is 39.0 Å². The Kier molecular flexibility index (Phi) is 5.36. The molecule has 144 valence electrons. The maximum atomic E-state index is 12.8. The molecule has 3 aromatic rings. The van der Waals surface area contributed by atoms with Crippen LogP contribution in [-0.4, -0.2) is 15.7 Å². The van der Waals surface area contributed by atoms with Crippen molar-refractivity contribution in [1.82, 2.24) is 9.78 Å². The minimum atomic E-state index is -0.0166. The van der Waals surface area contributed by atoms with E-state index in [1.165, 1.54) is 24.0 Å². The second kappa shape index (κ2) is 7.92. The molecular formula is C23H24BrN3O. The Labute approximate surface area is 174 Å². The normalized spacial score (nSPS) is 13.2. The van der Waals surface area contributed by atoms with Crippen LogP contribution in [0, 0.1) is 6.92 Å². The Morgan fingerprint density at radius 2 is 1.82 bits per heavy atom. The summed E-state index contributed by atoms with van der Waals surface area (Å²) in [6.07, 6.45) is 5.17. The zero-order valence-corrected chi connectivity index (χ0v) is 17.8. The molecule has 1 aliphatic rings. The Morgan fingerprint density at radius 1 is 1.11 bits per heavy atom. The number of halogens is 1. The molecule has 0 saturated heterocycles. The van der Waals surface area contributed by atoms with Gasteiger partial charge in [-0.15, -0.1) is 0 Å². The number of anilines is 1. The van der Waals surface area contributed by atoms with Gasteiger partial charge in [0.2, 0.25) is 5.91 Å². The molecule has 1 aliphatic carbocycles. The summed E-state index contributed by atoms with van der Waals surface area (Å²) in [5.41, 5.74) is 6.82. The van der Waals surface area contributed by atoms with Crippen molar-refractivity contribution >= 4 is 27.7 Å². The number of fused-ring (bicyclic) bond motifs is 1. The van der Waals surface area contributed by atoms with Gasteiger partial charge in [-0.3, -0.25) is 9.48 Å². The summed E-state index contributed by atoms with van der Waals surface area (Å²) < 4.78 is 2.77. The lowest BCUT2D eigenvalue weighted by Crippen LogP contribution is -2.17. The molecular weight excluding hydrogens is 414 g/mol. The molecule has 4 nitrogen and oxygen atoms in total. The summed E-state index contributed by atoms with van der Waals surface area (Å²) in [6, 6.07) is 14.6. The standard InChI is InChI=1S/C23H24BrN3O/c1-15-22(18-9-11-20(24)12-10-18)23(27(2)26-15)25-21(28)14-16-7-8-17-5-3-4-6-19(17)13-16/h7-13H,3-6,14H2,1-2H3,(H,25,28). The quantitative estimate of drug-likeness (QED) is 0.607. The highest BCUT2D eigenvalue weighted by molar-refractivity contribution is 9.10. The van der Waals surface area contributed by atoms with Crippen molar-refractivity contribution in [1.29, 1.82) is 0 Å². The van der Waals surface area contributed by atoms with E-state index in [1.54, 1.807) is 4.68 Å². The maximum Gasteiger partial charge on any atom is 0.229 e. The predicted octanol–water partition coefficient (Wildman–Crippen LogP) is 5.22. The van der Waals surface area contributed by atoms with Crippen LogP contribution < -0.4 is 5.32 Å². The molecule has 0 aliphatic heterocycles. The van der Waals surface area contributed by atoms with E-state index in [-0.39, 0.29) is 5.91 Å². The molecule has 2 aromatic carbocycles. The van der Waals surface area contributed by atoms with E-state index in [0.717, 1.165) is 45.5 Å². The number of carbonyl (C=O) groups is 1. The number of hydrogen-bond acceptors (Lipinski definition) is 2. The minimum absolute atomic E-state index is 0.0166. The van der Waals surface area contributed by atoms with Crippen LogP contribution >= 0.6 is 15.9 Å². The van der Waals surface area contributed by atoms with E-state index in [9.17, 15) is 4.79 Å². The van der Waals surface area contributed by atoms with Gasteiger partial charge in [-0.1, -0.05) is 46.3 Å². The highest BCUT2D eigenvalue weighted by Crippen LogP contribution is 2.32. The molecule has 28 heavy (non-hydrogen) atoms. The molecule has 4 rings (SSSR count). The average molecular weight is 438 g/mol. The van der Waals surface area contributed by atoms with Crippen LogP contribution in [0.15, 0.2) is 46.9 Å². The summed E-state index contributed by atoms with van der Waals surface area (Å²) in [4.78, 5) is 12.8. The first-order chi connectivity index (χ1) is 13.5. The summed E-state index contributed by atoms with van der Waals surface area (Å²) in [5.74, 6) is 0.722. The van der Waals surface area contributed by atoms with Gasteiger partial charge in [-0.05, 0) is 67.0 Å². The third kappa shape index (κ3) is 3.90. The van der Waals surface area contributed by atoms with Crippen molar-refractivity contribution in [3.63, 3.8) is 0 Å². The number of amides is 1. The highest BCUT2D eigenvalue weighted by atomic mass is 79.9. The number of rotatable bonds is 4. The summed E-state index contributed by atoms with van der Waals surface area (Å²) in [7, 11) is 1.86. The Morgan fingerprint density at radius 3 is 2.57 bits per heavy atom. The van der Waals surface area contributed by atoms with Gasteiger partial charge in [-0.2, -0.15) is 5.10 Å². The lowest BCUT2D eigenvalue weighted by Gasteiger charge is -2.16. The third-order valence-corrected chi connectivity index (χ3v) is 5.92. The summed E-state index contributed by atoms with van der Waals surface area (Å²) in [5, 5.41) is 7.61. The molecule has 0 fully saturated rings. The smallest absolute Gasteiger partial charge is 0.229 e. The summed E-state index contributed by atoms with van der Waals surface area (Å²) >= 11 is 3.47. The molecule has 0 spiro atoms. The lowest BCUT2D eigenvalue weighted by molar-refractivity contribution is -0.115. The van der Waals surface area contributed by atoms with E-state index in [0.29, 0.717) is 6.42 Å². The fraction of sp³-hybridized carbons (Fsp3) is 0.304. The molecule has 0 atom stereocenters. The average Bonchev–Trinajstić information content (AvgIpc) is 2.95. The lowest BCUT2D eigenvalue weighted by atomic mass is 9.90. The number of carbonyl (C=O) groups excluding carboxylic acids is 1. The van der Waals surface area contributed by atoms with Crippen molar-refractivity contribution in [2.75, 3.05) is 5.32 Å². The fourth-order valence-corrected chi connectivity index (χ4v) is 4.29. The van der Waals surface area contributed by atoms with Crippen molar-refractivity contribution in [3.05, 3.63) is 69.3 Å². The van der Waals surface area contributed by atoms with Crippen molar-refractivity contribution in [2.24, 2.45) is 7.05 Å². The molecule has 1 aromatic heterocycles. The molecule has 0 saturated carbocycles. The zero-order valence-electron chi connectivity index (χ0n) is 16.3. The first kappa shape index (κ1) is 18.9. The third-order valence-electron chi connectivity index (χ3n) is 5.39. The number of benzene rings is 2. The van der Waals surface area contributed by atoms with E-state index >= 15 is 0 Å². The Balaban J connectivity index is 1.56. The number of hydrogen-bond donors (Lipinski definition) is 1. The first-order valence-electron chi connectivity index (χ1n) is 9.71. The van der Waals surface area contributed by atoms with Crippen molar-refractivity contribution in [3.8, 4) is 11.1 Å². The topological polar surface area (TPSA) is 46.9 Å². The van der Waals surface area contributed by atoms with Gasteiger partial charge in [0.1, 0.15) is 5.82 Å². The van der Waals surface area contributed by atoms with Crippen LogP contribution in [0.1, 0.15) is 35.2 Å². The second-order valence-electron chi connectivity index (χ2n) is 7.47. The molecule has 0 bridgehead atoms. The monoisotopic (exact) mass is 437 g/mol. The van der Waals surface area contributed by atoms with Gasteiger partial charge in [-0.25, -0.2) is 0 Å². The molecule has 1 heterocycles. The number of nitrogens with zero attached hydrogens (tertiary/aromatic N) is 2. The van der Waals surface area contributed by atoms with Gasteiger partial charge >= 0.3 is 0 Å². The molecule has 5 heteroatoms. The van der Waals surface area contributed by atoms with Crippen LogP contribution in [-0.2, 0) is 31.1 Å². The van der Waals surface area contributed by atoms with Crippen LogP contribution in [0.2, 0.25) is 0 Å². The van der Waals surface area contributed by atoms with Crippen LogP contribution in [0.4, 0.5) is 5.82 Å². The second-order valence-corrected chi connectivity index (χ2v) is 8.39. The van der Waals surface area contributed by atoms with Gasteiger partial charge in [0.25, 0.3) is 0 Å². The minimum Gasteiger partial charge on any atom is -0.310 e. The Hall–Kier alpha value is -2.40. The van der Waals surface area contributed by atoms with Gasteiger partial charge in [0, 0.05) is 17.1 Å². The number of aryl methyl sites for hydroxylation is 4. The molecule has 1 amide bonds. The number of nitrogens with one attached hydrogen (secondary N) is 1. The van der Waals surface area contributed by atoms with Gasteiger partial charge < -0.3 is 5.32 Å². The van der Waals surface area contributed by atoms with Crippen LogP contribution in [0.5, 0.6) is 0 Å². The van der Waals surface area contributed by atoms with E-state index in [4.69, 9.17) is 0 Å². The zero-order chi connectivity index (χ0) is 19.7. The maximum absolute atomic E-state index is 12.8. The Bertz CT molecular complexity index is 1020. The SMILES string of the molecule is Cc1nn(C)c(NC(=O)Cc2ccc3c(c2)CCCC3)c1-c1ccc(Br)cc1. The van der Waals surface area contributed by atoms with E-state index in [1.807, 2.05) is 38.2 Å². The van der Waals surface area contributed by atoms with Crippen LogP contribution in [0.3, 0.4) is 0 Å². The predicted molar refractivity (Wildman–Crippen MR) is 116 cm³/mol. The van der Waals surface area contributed by atoms with Crippen LogP contribution in [0.25, 0.3) is 11.1 Å². The first-order valence-corrected chi connectivity index (χ1v) is 10.5. The van der Waals surface area contributed by atoms with Crippen molar-refractivity contribution < 1.29 is 4.79 Å².